The highest BCUT2D eigenvalue weighted by Crippen LogP contribution is 1.94. The summed E-state index contributed by atoms with van der Waals surface area (Å²) in [4.78, 5) is 0. The summed E-state index contributed by atoms with van der Waals surface area (Å²) < 4.78 is 16.1. The number of ether oxygens (including phenoxy) is 3. The van der Waals surface area contributed by atoms with Crippen LogP contribution in [0.25, 0.3) is 0 Å². The molecule has 0 rings (SSSR count). The van der Waals surface area contributed by atoms with Gasteiger partial charge in [0, 0.05) is 13.2 Å². The summed E-state index contributed by atoms with van der Waals surface area (Å²) in [6.07, 6.45) is 2.18. The molecule has 0 bridgehead atoms. The second-order valence-electron chi connectivity index (χ2n) is 5.48. The standard InChI is InChI=1S/C15H33NO4/c1-13(2)19-8-6-5-7-16-11-15(17)12-18-9-10-20-14(3)4/h13-17H,5-12H2,1-4H3. The summed E-state index contributed by atoms with van der Waals surface area (Å²) >= 11 is 0. The van der Waals surface area contributed by atoms with Crippen LogP contribution in [0.3, 0.4) is 0 Å². The average Bonchev–Trinajstić information content (AvgIpc) is 2.36. The number of hydrogen-bond acceptors (Lipinski definition) is 5. The highest BCUT2D eigenvalue weighted by molar-refractivity contribution is 4.58. The van der Waals surface area contributed by atoms with Crippen LogP contribution in [0.4, 0.5) is 0 Å². The lowest BCUT2D eigenvalue weighted by atomic mass is 10.3. The van der Waals surface area contributed by atoms with Gasteiger partial charge in [0.05, 0.1) is 38.1 Å². The van der Waals surface area contributed by atoms with E-state index >= 15 is 0 Å². The summed E-state index contributed by atoms with van der Waals surface area (Å²) in [5.41, 5.74) is 0. The molecule has 0 amide bonds. The Morgan fingerprint density at radius 2 is 1.55 bits per heavy atom. The van der Waals surface area contributed by atoms with E-state index in [-0.39, 0.29) is 6.10 Å². The zero-order chi connectivity index (χ0) is 15.2. The first-order valence-corrected chi connectivity index (χ1v) is 7.72. The van der Waals surface area contributed by atoms with Crippen molar-refractivity contribution in [3.8, 4) is 0 Å². The fraction of sp³-hybridized carbons (Fsp3) is 1.00. The van der Waals surface area contributed by atoms with Gasteiger partial charge in [0.2, 0.25) is 0 Å². The van der Waals surface area contributed by atoms with Crippen molar-refractivity contribution in [2.45, 2.75) is 58.8 Å². The Kier molecular flexibility index (Phi) is 13.6. The van der Waals surface area contributed by atoms with Crippen molar-refractivity contribution in [2.24, 2.45) is 0 Å². The maximum Gasteiger partial charge on any atom is 0.0897 e. The molecule has 0 aromatic heterocycles. The Morgan fingerprint density at radius 3 is 2.20 bits per heavy atom. The van der Waals surface area contributed by atoms with Crippen molar-refractivity contribution in [3.05, 3.63) is 0 Å². The van der Waals surface area contributed by atoms with Crippen LogP contribution in [0.2, 0.25) is 0 Å². The molecule has 1 unspecified atom stereocenters. The Balaban J connectivity index is 3.18. The molecular formula is C15H33NO4. The van der Waals surface area contributed by atoms with Crippen molar-refractivity contribution in [2.75, 3.05) is 39.5 Å². The minimum atomic E-state index is -0.457. The fourth-order valence-electron chi connectivity index (χ4n) is 1.56. The van der Waals surface area contributed by atoms with Gasteiger partial charge in [-0.3, -0.25) is 0 Å². The molecule has 0 aliphatic carbocycles. The third-order valence-corrected chi connectivity index (χ3v) is 2.57. The van der Waals surface area contributed by atoms with E-state index in [4.69, 9.17) is 14.2 Å². The smallest absolute Gasteiger partial charge is 0.0897 e. The normalized spacial score (nSPS) is 13.3. The molecule has 0 saturated heterocycles. The third-order valence-electron chi connectivity index (χ3n) is 2.57. The van der Waals surface area contributed by atoms with E-state index in [1.807, 2.05) is 27.7 Å². The van der Waals surface area contributed by atoms with Crippen LogP contribution in [0, 0.1) is 0 Å². The van der Waals surface area contributed by atoms with E-state index in [2.05, 4.69) is 5.32 Å². The molecule has 5 heteroatoms. The molecule has 0 aromatic carbocycles. The molecule has 0 heterocycles. The summed E-state index contributed by atoms with van der Waals surface area (Å²) in [5.74, 6) is 0. The molecule has 0 fully saturated rings. The summed E-state index contributed by atoms with van der Waals surface area (Å²) in [5, 5.41) is 12.9. The number of nitrogens with one attached hydrogen (secondary N) is 1. The molecule has 5 nitrogen and oxygen atoms in total. The van der Waals surface area contributed by atoms with Gasteiger partial charge >= 0.3 is 0 Å². The highest BCUT2D eigenvalue weighted by atomic mass is 16.5. The van der Waals surface area contributed by atoms with Crippen molar-refractivity contribution >= 4 is 0 Å². The zero-order valence-electron chi connectivity index (χ0n) is 13.6. The third kappa shape index (κ3) is 15.9. The zero-order valence-corrected chi connectivity index (χ0v) is 13.6. The molecule has 0 aromatic rings. The quantitative estimate of drug-likeness (QED) is 0.476. The highest BCUT2D eigenvalue weighted by Gasteiger charge is 2.03. The van der Waals surface area contributed by atoms with Crippen molar-refractivity contribution < 1.29 is 19.3 Å². The Bertz CT molecular complexity index is 200. The molecule has 0 radical (unpaired) electrons. The summed E-state index contributed by atoms with van der Waals surface area (Å²) in [6, 6.07) is 0. The average molecular weight is 291 g/mol. The molecule has 2 N–H and O–H groups in total. The first-order chi connectivity index (χ1) is 9.52. The van der Waals surface area contributed by atoms with Gasteiger partial charge in [0.15, 0.2) is 0 Å². The number of unbranched alkanes of at least 4 members (excludes halogenated alkanes) is 1. The van der Waals surface area contributed by atoms with Crippen LogP contribution in [-0.4, -0.2) is 62.9 Å². The lowest BCUT2D eigenvalue weighted by Crippen LogP contribution is -2.31. The van der Waals surface area contributed by atoms with E-state index < -0.39 is 6.10 Å². The minimum Gasteiger partial charge on any atom is -0.389 e. The molecule has 20 heavy (non-hydrogen) atoms. The van der Waals surface area contributed by atoms with Crippen molar-refractivity contribution in [1.29, 1.82) is 0 Å². The first kappa shape index (κ1) is 19.8. The predicted molar refractivity (Wildman–Crippen MR) is 81.1 cm³/mol. The lowest BCUT2D eigenvalue weighted by Gasteiger charge is -2.13. The van der Waals surface area contributed by atoms with E-state index in [1.165, 1.54) is 0 Å². The van der Waals surface area contributed by atoms with Gasteiger partial charge in [0.1, 0.15) is 0 Å². The van der Waals surface area contributed by atoms with Crippen LogP contribution >= 0.6 is 0 Å². The van der Waals surface area contributed by atoms with Crippen LogP contribution in [0.5, 0.6) is 0 Å². The maximum atomic E-state index is 9.68. The van der Waals surface area contributed by atoms with E-state index in [9.17, 15) is 5.11 Å². The summed E-state index contributed by atoms with van der Waals surface area (Å²) in [7, 11) is 0. The van der Waals surface area contributed by atoms with Gasteiger partial charge in [-0.05, 0) is 47.1 Å². The molecule has 122 valence electrons. The SMILES string of the molecule is CC(C)OCCCCNCC(O)COCCOC(C)C. The van der Waals surface area contributed by atoms with Crippen LogP contribution in [0.1, 0.15) is 40.5 Å². The Morgan fingerprint density at radius 1 is 0.900 bits per heavy atom. The largest absolute Gasteiger partial charge is 0.389 e. The fourth-order valence-corrected chi connectivity index (χ4v) is 1.56. The second kappa shape index (κ2) is 13.8. The van der Waals surface area contributed by atoms with Crippen LogP contribution < -0.4 is 5.32 Å². The molecule has 0 saturated carbocycles. The molecule has 0 aliphatic heterocycles. The monoisotopic (exact) mass is 291 g/mol. The van der Waals surface area contributed by atoms with Gasteiger partial charge in [-0.15, -0.1) is 0 Å². The minimum absolute atomic E-state index is 0.227. The lowest BCUT2D eigenvalue weighted by molar-refractivity contribution is -0.00995. The summed E-state index contributed by atoms with van der Waals surface area (Å²) in [6.45, 7) is 11.8. The number of hydrogen-bond donors (Lipinski definition) is 2. The van der Waals surface area contributed by atoms with E-state index in [1.54, 1.807) is 0 Å². The van der Waals surface area contributed by atoms with Crippen LogP contribution in [-0.2, 0) is 14.2 Å². The van der Waals surface area contributed by atoms with Crippen molar-refractivity contribution in [1.82, 2.24) is 5.32 Å². The van der Waals surface area contributed by atoms with E-state index in [0.29, 0.717) is 32.5 Å². The van der Waals surface area contributed by atoms with Gasteiger partial charge in [-0.1, -0.05) is 0 Å². The Hall–Kier alpha value is -0.200. The maximum absolute atomic E-state index is 9.68. The number of rotatable bonds is 14. The number of aliphatic hydroxyl groups is 1. The van der Waals surface area contributed by atoms with Gasteiger partial charge in [-0.2, -0.15) is 0 Å². The van der Waals surface area contributed by atoms with E-state index in [0.717, 1.165) is 26.0 Å². The van der Waals surface area contributed by atoms with Crippen LogP contribution in [0.15, 0.2) is 0 Å². The topological polar surface area (TPSA) is 60.0 Å². The Labute approximate surface area is 124 Å². The van der Waals surface area contributed by atoms with Gasteiger partial charge in [-0.25, -0.2) is 0 Å². The number of aliphatic hydroxyl groups excluding tert-OH is 1. The second-order valence-corrected chi connectivity index (χ2v) is 5.48. The molecule has 0 aliphatic rings. The molecule has 0 spiro atoms. The molecule has 1 atom stereocenters. The predicted octanol–water partition coefficient (Wildman–Crippen LogP) is 1.58. The van der Waals surface area contributed by atoms with Gasteiger partial charge in [0.25, 0.3) is 0 Å². The van der Waals surface area contributed by atoms with Gasteiger partial charge < -0.3 is 24.6 Å². The first-order valence-electron chi connectivity index (χ1n) is 7.72. The molecular weight excluding hydrogens is 258 g/mol. The van der Waals surface area contributed by atoms with Crippen molar-refractivity contribution in [3.63, 3.8) is 0 Å².